The summed E-state index contributed by atoms with van der Waals surface area (Å²) in [7, 11) is -0.0451. The van der Waals surface area contributed by atoms with Gasteiger partial charge < -0.3 is 9.31 Å². The van der Waals surface area contributed by atoms with Crippen LogP contribution in [-0.4, -0.2) is 19.3 Å². The van der Waals surface area contributed by atoms with E-state index in [2.05, 4.69) is 34.6 Å². The van der Waals surface area contributed by atoms with E-state index in [1.54, 1.807) is 0 Å². The largest absolute Gasteiger partial charge is 0.463 e. The Kier molecular flexibility index (Phi) is 2.84. The lowest BCUT2D eigenvalue weighted by Crippen LogP contribution is -2.44. The summed E-state index contributed by atoms with van der Waals surface area (Å²) in [5.74, 6) is 0. The van der Waals surface area contributed by atoms with E-state index >= 15 is 0 Å². The Labute approximate surface area is 75.8 Å². The summed E-state index contributed by atoms with van der Waals surface area (Å²) < 4.78 is 11.4. The molecule has 0 bridgehead atoms. The number of hydrogen-bond acceptors (Lipinski definition) is 2. The van der Waals surface area contributed by atoms with Crippen molar-refractivity contribution in [2.45, 2.75) is 58.6 Å². The van der Waals surface area contributed by atoms with Gasteiger partial charge in [0.1, 0.15) is 0 Å². The minimum absolute atomic E-state index is 0.0451. The predicted molar refractivity (Wildman–Crippen MR) is 51.2 cm³/mol. The van der Waals surface area contributed by atoms with Gasteiger partial charge in [0.2, 0.25) is 0 Å². The maximum Gasteiger partial charge on any atom is 0.463 e. The van der Waals surface area contributed by atoms with Crippen molar-refractivity contribution in [1.82, 2.24) is 0 Å². The summed E-state index contributed by atoms with van der Waals surface area (Å²) >= 11 is 0. The summed E-state index contributed by atoms with van der Waals surface area (Å²) in [5, 5.41) is 0.0862. The van der Waals surface area contributed by atoms with Crippen LogP contribution in [0.4, 0.5) is 0 Å². The third-order valence-corrected chi connectivity index (χ3v) is 2.08. The van der Waals surface area contributed by atoms with Gasteiger partial charge in [0.15, 0.2) is 0 Å². The molecule has 0 N–H and O–H groups in total. The monoisotopic (exact) mass is 170 g/mol. The first-order valence-electron chi connectivity index (χ1n) is 4.70. The zero-order valence-electron chi connectivity index (χ0n) is 8.76. The molecule has 0 aromatic heterocycles. The minimum Gasteiger partial charge on any atom is -0.408 e. The van der Waals surface area contributed by atoms with E-state index < -0.39 is 0 Å². The summed E-state index contributed by atoms with van der Waals surface area (Å²) in [6.07, 6.45) is 1.67. The molecule has 0 spiro atoms. The second-order valence-electron chi connectivity index (χ2n) is 4.83. The van der Waals surface area contributed by atoms with Gasteiger partial charge in [-0.3, -0.25) is 0 Å². The second-order valence-corrected chi connectivity index (χ2v) is 4.83. The first-order valence-corrected chi connectivity index (χ1v) is 4.70. The van der Waals surface area contributed by atoms with Crippen LogP contribution in [0.5, 0.6) is 0 Å². The standard InChI is InChI=1S/C9H19BO2/c1-7-6-8(2)12-10(11-7)9(3,4)5/h7-8H,6H2,1-5H3. The molecule has 0 saturated carbocycles. The van der Waals surface area contributed by atoms with E-state index in [1.807, 2.05) is 0 Å². The quantitative estimate of drug-likeness (QED) is 0.520. The van der Waals surface area contributed by atoms with Gasteiger partial charge in [-0.05, 0) is 25.6 Å². The smallest absolute Gasteiger partial charge is 0.408 e. The molecule has 1 rings (SSSR count). The molecule has 70 valence electrons. The van der Waals surface area contributed by atoms with Crippen molar-refractivity contribution in [2.75, 3.05) is 0 Å². The van der Waals surface area contributed by atoms with Crippen LogP contribution in [0.2, 0.25) is 5.31 Å². The van der Waals surface area contributed by atoms with Crippen LogP contribution in [0.3, 0.4) is 0 Å². The molecule has 1 heterocycles. The molecular weight excluding hydrogens is 151 g/mol. The van der Waals surface area contributed by atoms with E-state index in [0.717, 1.165) is 6.42 Å². The molecule has 2 unspecified atom stereocenters. The molecule has 1 aliphatic heterocycles. The van der Waals surface area contributed by atoms with Gasteiger partial charge >= 0.3 is 7.12 Å². The van der Waals surface area contributed by atoms with Crippen LogP contribution in [0.15, 0.2) is 0 Å². The third-order valence-electron chi connectivity index (χ3n) is 2.08. The van der Waals surface area contributed by atoms with Crippen molar-refractivity contribution in [3.63, 3.8) is 0 Å². The molecule has 2 atom stereocenters. The Hall–Kier alpha value is -0.0151. The Balaban J connectivity index is 2.55. The van der Waals surface area contributed by atoms with E-state index in [9.17, 15) is 0 Å². The van der Waals surface area contributed by atoms with E-state index in [4.69, 9.17) is 9.31 Å². The Bertz CT molecular complexity index is 143. The van der Waals surface area contributed by atoms with Crippen LogP contribution in [-0.2, 0) is 9.31 Å². The molecule has 3 heteroatoms. The van der Waals surface area contributed by atoms with Crippen molar-refractivity contribution >= 4 is 7.12 Å². The third kappa shape index (κ3) is 2.49. The Morgan fingerprint density at radius 3 is 1.83 bits per heavy atom. The molecule has 12 heavy (non-hydrogen) atoms. The van der Waals surface area contributed by atoms with Gasteiger partial charge in [0, 0.05) is 12.2 Å². The highest BCUT2D eigenvalue weighted by Gasteiger charge is 2.39. The average molecular weight is 170 g/mol. The molecule has 1 fully saturated rings. The minimum atomic E-state index is -0.0451. The molecule has 0 amide bonds. The molecule has 0 radical (unpaired) electrons. The maximum absolute atomic E-state index is 5.70. The molecule has 0 aliphatic carbocycles. The van der Waals surface area contributed by atoms with Gasteiger partial charge in [-0.15, -0.1) is 0 Å². The second kappa shape index (κ2) is 3.39. The lowest BCUT2D eigenvalue weighted by molar-refractivity contribution is 0.0234. The predicted octanol–water partition coefficient (Wildman–Crippen LogP) is 2.49. The zero-order valence-corrected chi connectivity index (χ0v) is 8.76. The van der Waals surface area contributed by atoms with Gasteiger partial charge in [0.05, 0.1) is 0 Å². The summed E-state index contributed by atoms with van der Waals surface area (Å²) in [6.45, 7) is 10.6. The first-order chi connectivity index (χ1) is 5.39. The Morgan fingerprint density at radius 2 is 1.50 bits per heavy atom. The van der Waals surface area contributed by atoms with Crippen molar-refractivity contribution in [1.29, 1.82) is 0 Å². The average Bonchev–Trinajstić information content (AvgIpc) is 1.82. The van der Waals surface area contributed by atoms with Gasteiger partial charge in [-0.1, -0.05) is 20.8 Å². The van der Waals surface area contributed by atoms with E-state index in [-0.39, 0.29) is 12.4 Å². The van der Waals surface area contributed by atoms with Gasteiger partial charge in [0.25, 0.3) is 0 Å². The molecule has 0 aromatic carbocycles. The summed E-state index contributed by atoms with van der Waals surface area (Å²) in [4.78, 5) is 0. The van der Waals surface area contributed by atoms with E-state index in [0.29, 0.717) is 12.2 Å². The normalized spacial score (nSPS) is 32.2. The van der Waals surface area contributed by atoms with Crippen molar-refractivity contribution in [3.05, 3.63) is 0 Å². The lowest BCUT2D eigenvalue weighted by atomic mass is 9.60. The highest BCUT2D eigenvalue weighted by atomic mass is 16.6. The van der Waals surface area contributed by atoms with Crippen LogP contribution in [0.1, 0.15) is 41.0 Å². The highest BCUT2D eigenvalue weighted by Crippen LogP contribution is 2.33. The van der Waals surface area contributed by atoms with Crippen molar-refractivity contribution < 1.29 is 9.31 Å². The van der Waals surface area contributed by atoms with Gasteiger partial charge in [-0.25, -0.2) is 0 Å². The van der Waals surface area contributed by atoms with Crippen molar-refractivity contribution in [3.8, 4) is 0 Å². The Morgan fingerprint density at radius 1 is 1.08 bits per heavy atom. The summed E-state index contributed by atoms with van der Waals surface area (Å²) in [6, 6.07) is 0. The van der Waals surface area contributed by atoms with Crippen LogP contribution in [0.25, 0.3) is 0 Å². The fraction of sp³-hybridized carbons (Fsp3) is 1.00. The van der Waals surface area contributed by atoms with Crippen molar-refractivity contribution in [2.24, 2.45) is 0 Å². The molecule has 2 nitrogen and oxygen atoms in total. The molecule has 1 aliphatic rings. The molecular formula is C9H19BO2. The number of hydrogen-bond donors (Lipinski definition) is 0. The zero-order chi connectivity index (χ0) is 9.35. The lowest BCUT2D eigenvalue weighted by Gasteiger charge is -2.36. The fourth-order valence-electron chi connectivity index (χ4n) is 1.44. The first kappa shape index (κ1) is 10.1. The van der Waals surface area contributed by atoms with E-state index in [1.165, 1.54) is 0 Å². The van der Waals surface area contributed by atoms with Crippen LogP contribution in [0, 0.1) is 0 Å². The molecule has 1 saturated heterocycles. The van der Waals surface area contributed by atoms with Crippen LogP contribution < -0.4 is 0 Å². The SMILES string of the molecule is CC1CC(C)OB(C(C)(C)C)O1. The summed E-state index contributed by atoms with van der Waals surface area (Å²) in [5.41, 5.74) is 0. The van der Waals surface area contributed by atoms with Crippen LogP contribution >= 0.6 is 0 Å². The number of rotatable bonds is 0. The van der Waals surface area contributed by atoms with Gasteiger partial charge in [-0.2, -0.15) is 0 Å². The topological polar surface area (TPSA) is 18.5 Å². The maximum atomic E-state index is 5.70. The fourth-order valence-corrected chi connectivity index (χ4v) is 1.44. The highest BCUT2D eigenvalue weighted by molar-refractivity contribution is 6.48. The molecule has 0 aromatic rings.